The lowest BCUT2D eigenvalue weighted by Gasteiger charge is -2.21. The molecule has 0 radical (unpaired) electrons. The third-order valence-corrected chi connectivity index (χ3v) is 5.15. The van der Waals surface area contributed by atoms with Crippen LogP contribution >= 0.6 is 0 Å². The quantitative estimate of drug-likeness (QED) is 0.911. The third-order valence-electron chi connectivity index (χ3n) is 5.15. The SMILES string of the molecule is COc1ccc2c(c1)C(NC1CCN(C3CC3)C1)CC2. The predicted octanol–water partition coefficient (Wildman–Crippen LogP) is 2.51. The fourth-order valence-corrected chi connectivity index (χ4v) is 3.86. The number of hydrogen-bond acceptors (Lipinski definition) is 3. The fraction of sp³-hybridized carbons (Fsp3) is 0.647. The minimum atomic E-state index is 0.532. The lowest BCUT2D eigenvalue weighted by Crippen LogP contribution is -2.35. The molecule has 1 saturated heterocycles. The van der Waals surface area contributed by atoms with Crippen molar-refractivity contribution in [2.45, 2.75) is 50.2 Å². The minimum absolute atomic E-state index is 0.532. The average Bonchev–Trinajstić information content (AvgIpc) is 3.11. The molecule has 3 nitrogen and oxygen atoms in total. The van der Waals surface area contributed by atoms with Gasteiger partial charge < -0.3 is 10.1 Å². The van der Waals surface area contributed by atoms with Gasteiger partial charge in [0.1, 0.15) is 5.75 Å². The van der Waals surface area contributed by atoms with Crippen LogP contribution in [-0.4, -0.2) is 37.2 Å². The molecule has 108 valence electrons. The van der Waals surface area contributed by atoms with Crippen molar-refractivity contribution in [2.24, 2.45) is 0 Å². The highest BCUT2D eigenvalue weighted by Crippen LogP contribution is 2.35. The molecule has 0 spiro atoms. The number of hydrogen-bond donors (Lipinski definition) is 1. The highest BCUT2D eigenvalue weighted by Gasteiger charge is 2.35. The maximum Gasteiger partial charge on any atom is 0.119 e. The molecule has 1 heterocycles. The highest BCUT2D eigenvalue weighted by molar-refractivity contribution is 5.40. The van der Waals surface area contributed by atoms with Crippen LogP contribution in [0.1, 0.15) is 42.9 Å². The molecule has 0 bridgehead atoms. The van der Waals surface area contributed by atoms with Gasteiger partial charge in [-0.2, -0.15) is 0 Å². The molecule has 2 fully saturated rings. The van der Waals surface area contributed by atoms with E-state index in [0.29, 0.717) is 12.1 Å². The van der Waals surface area contributed by atoms with E-state index < -0.39 is 0 Å². The van der Waals surface area contributed by atoms with Crippen molar-refractivity contribution in [3.63, 3.8) is 0 Å². The van der Waals surface area contributed by atoms with Gasteiger partial charge in [-0.3, -0.25) is 4.90 Å². The van der Waals surface area contributed by atoms with Crippen molar-refractivity contribution in [2.75, 3.05) is 20.2 Å². The van der Waals surface area contributed by atoms with Gasteiger partial charge in [0.2, 0.25) is 0 Å². The smallest absolute Gasteiger partial charge is 0.119 e. The van der Waals surface area contributed by atoms with Gasteiger partial charge in [-0.15, -0.1) is 0 Å². The van der Waals surface area contributed by atoms with Gasteiger partial charge in [0.25, 0.3) is 0 Å². The fourth-order valence-electron chi connectivity index (χ4n) is 3.86. The van der Waals surface area contributed by atoms with Crippen molar-refractivity contribution in [1.29, 1.82) is 0 Å². The molecule has 1 aliphatic heterocycles. The maximum absolute atomic E-state index is 5.38. The summed E-state index contributed by atoms with van der Waals surface area (Å²) in [5, 5.41) is 3.90. The summed E-state index contributed by atoms with van der Waals surface area (Å²) >= 11 is 0. The van der Waals surface area contributed by atoms with Crippen LogP contribution in [0.2, 0.25) is 0 Å². The molecule has 20 heavy (non-hydrogen) atoms. The van der Waals surface area contributed by atoms with Gasteiger partial charge >= 0.3 is 0 Å². The van der Waals surface area contributed by atoms with E-state index in [1.54, 1.807) is 7.11 Å². The summed E-state index contributed by atoms with van der Waals surface area (Å²) in [6.45, 7) is 2.54. The Kier molecular flexibility index (Phi) is 3.20. The lowest BCUT2D eigenvalue weighted by atomic mass is 10.1. The molecule has 2 unspecified atom stereocenters. The van der Waals surface area contributed by atoms with E-state index in [4.69, 9.17) is 4.74 Å². The number of methoxy groups -OCH3 is 1. The molecular formula is C17H24N2O. The average molecular weight is 272 g/mol. The summed E-state index contributed by atoms with van der Waals surface area (Å²) in [5.41, 5.74) is 2.97. The van der Waals surface area contributed by atoms with Crippen molar-refractivity contribution in [3.05, 3.63) is 29.3 Å². The van der Waals surface area contributed by atoms with Gasteiger partial charge in [0, 0.05) is 31.2 Å². The summed E-state index contributed by atoms with van der Waals surface area (Å²) in [4.78, 5) is 2.68. The Morgan fingerprint density at radius 2 is 2.10 bits per heavy atom. The van der Waals surface area contributed by atoms with Crippen LogP contribution < -0.4 is 10.1 Å². The van der Waals surface area contributed by atoms with Crippen LogP contribution in [0, 0.1) is 0 Å². The van der Waals surface area contributed by atoms with Gasteiger partial charge in [0.15, 0.2) is 0 Å². The number of nitrogens with zero attached hydrogens (tertiary/aromatic N) is 1. The molecule has 2 atom stereocenters. The number of likely N-dealkylation sites (tertiary alicyclic amines) is 1. The Bertz CT molecular complexity index is 498. The van der Waals surface area contributed by atoms with E-state index in [1.165, 1.54) is 56.3 Å². The standard InChI is InChI=1S/C17H24N2O/c1-20-15-6-2-12-3-7-17(16(12)10-15)18-13-8-9-19(11-13)14-4-5-14/h2,6,10,13-14,17-18H,3-5,7-9,11H2,1H3. The summed E-state index contributed by atoms with van der Waals surface area (Å²) in [6, 6.07) is 8.68. The molecule has 0 amide bonds. The third kappa shape index (κ3) is 2.33. The summed E-state index contributed by atoms with van der Waals surface area (Å²) < 4.78 is 5.38. The van der Waals surface area contributed by atoms with E-state index in [2.05, 4.69) is 28.4 Å². The monoisotopic (exact) mass is 272 g/mol. The van der Waals surface area contributed by atoms with E-state index in [-0.39, 0.29) is 0 Å². The van der Waals surface area contributed by atoms with Crippen molar-refractivity contribution < 1.29 is 4.74 Å². The van der Waals surface area contributed by atoms with Crippen LogP contribution in [0.5, 0.6) is 5.75 Å². The topological polar surface area (TPSA) is 24.5 Å². The molecule has 1 saturated carbocycles. The number of rotatable bonds is 4. The molecule has 3 heteroatoms. The number of nitrogens with one attached hydrogen (secondary N) is 1. The first-order chi connectivity index (χ1) is 9.83. The van der Waals surface area contributed by atoms with E-state index in [0.717, 1.165) is 11.8 Å². The molecule has 0 aromatic heterocycles. The van der Waals surface area contributed by atoms with Gasteiger partial charge in [-0.1, -0.05) is 6.07 Å². The van der Waals surface area contributed by atoms with Crippen LogP contribution in [0.3, 0.4) is 0 Å². The zero-order valence-electron chi connectivity index (χ0n) is 12.3. The summed E-state index contributed by atoms with van der Waals surface area (Å²) in [5.74, 6) is 0.989. The largest absolute Gasteiger partial charge is 0.497 e. The molecule has 2 aliphatic carbocycles. The minimum Gasteiger partial charge on any atom is -0.497 e. The maximum atomic E-state index is 5.38. The van der Waals surface area contributed by atoms with Crippen LogP contribution in [0.4, 0.5) is 0 Å². The molecule has 4 rings (SSSR count). The molecule has 3 aliphatic rings. The van der Waals surface area contributed by atoms with Crippen LogP contribution in [0.15, 0.2) is 18.2 Å². The normalized spacial score (nSPS) is 29.6. The van der Waals surface area contributed by atoms with Crippen molar-refractivity contribution >= 4 is 0 Å². The second-order valence-electron chi connectivity index (χ2n) is 6.53. The van der Waals surface area contributed by atoms with Gasteiger partial charge in [0.05, 0.1) is 7.11 Å². The molecule has 1 N–H and O–H groups in total. The first-order valence-electron chi connectivity index (χ1n) is 8.00. The zero-order chi connectivity index (χ0) is 13.5. The summed E-state index contributed by atoms with van der Waals surface area (Å²) in [7, 11) is 1.75. The van der Waals surface area contributed by atoms with Gasteiger partial charge in [-0.05, 0) is 55.4 Å². The second kappa shape index (κ2) is 5.05. The van der Waals surface area contributed by atoms with Crippen molar-refractivity contribution in [1.82, 2.24) is 10.2 Å². The Morgan fingerprint density at radius 3 is 2.90 bits per heavy atom. The van der Waals surface area contributed by atoms with Crippen LogP contribution in [-0.2, 0) is 6.42 Å². The predicted molar refractivity (Wildman–Crippen MR) is 80.2 cm³/mol. The molecule has 1 aromatic carbocycles. The van der Waals surface area contributed by atoms with Crippen LogP contribution in [0.25, 0.3) is 0 Å². The zero-order valence-corrected chi connectivity index (χ0v) is 12.3. The first-order valence-corrected chi connectivity index (χ1v) is 8.00. The lowest BCUT2D eigenvalue weighted by molar-refractivity contribution is 0.312. The number of fused-ring (bicyclic) bond motifs is 1. The summed E-state index contributed by atoms with van der Waals surface area (Å²) in [6.07, 6.45) is 6.61. The van der Waals surface area contributed by atoms with Gasteiger partial charge in [-0.25, -0.2) is 0 Å². The van der Waals surface area contributed by atoms with E-state index in [1.807, 2.05) is 0 Å². The van der Waals surface area contributed by atoms with E-state index in [9.17, 15) is 0 Å². The number of ether oxygens (including phenoxy) is 1. The number of aryl methyl sites for hydroxylation is 1. The highest BCUT2D eigenvalue weighted by atomic mass is 16.5. The first kappa shape index (κ1) is 12.7. The molecule has 1 aromatic rings. The van der Waals surface area contributed by atoms with E-state index >= 15 is 0 Å². The Balaban J connectivity index is 1.43. The Morgan fingerprint density at radius 1 is 1.20 bits per heavy atom. The number of benzene rings is 1. The Hall–Kier alpha value is -1.06. The van der Waals surface area contributed by atoms with Crippen molar-refractivity contribution in [3.8, 4) is 5.75 Å². The Labute approximate surface area is 121 Å². The molecular weight excluding hydrogens is 248 g/mol. The second-order valence-corrected chi connectivity index (χ2v) is 6.53.